The molecule has 7 nitrogen and oxygen atoms in total. The smallest absolute Gasteiger partial charge is 0.274 e. The summed E-state index contributed by atoms with van der Waals surface area (Å²) >= 11 is 0. The Morgan fingerprint density at radius 1 is 1.32 bits per heavy atom. The third-order valence-electron chi connectivity index (χ3n) is 5.07. The van der Waals surface area contributed by atoms with Crippen molar-refractivity contribution in [3.63, 3.8) is 0 Å². The Balaban J connectivity index is 1.70. The van der Waals surface area contributed by atoms with Gasteiger partial charge in [0.25, 0.3) is 5.91 Å². The first-order valence-corrected chi connectivity index (χ1v) is 9.47. The molecule has 0 saturated carbocycles. The van der Waals surface area contributed by atoms with Gasteiger partial charge in [-0.1, -0.05) is 6.07 Å². The summed E-state index contributed by atoms with van der Waals surface area (Å²) < 4.78 is 7.85. The van der Waals surface area contributed by atoms with Gasteiger partial charge in [0.05, 0.1) is 16.7 Å². The molecule has 1 aliphatic rings. The number of amides is 1. The summed E-state index contributed by atoms with van der Waals surface area (Å²) in [6.45, 7) is 9.85. The van der Waals surface area contributed by atoms with Crippen LogP contribution in [0, 0.1) is 13.8 Å². The highest BCUT2D eigenvalue weighted by atomic mass is 16.5. The van der Waals surface area contributed by atoms with Gasteiger partial charge in [0, 0.05) is 31.0 Å². The van der Waals surface area contributed by atoms with Gasteiger partial charge in [-0.2, -0.15) is 0 Å². The van der Waals surface area contributed by atoms with Crippen LogP contribution in [0.3, 0.4) is 0 Å². The number of carbonyl (C=O) groups excluding carboxylic acids is 1. The maximum absolute atomic E-state index is 13.1. The molecule has 146 valence electrons. The Morgan fingerprint density at radius 2 is 2.14 bits per heavy atom. The van der Waals surface area contributed by atoms with Crippen LogP contribution < -0.4 is 15.4 Å². The number of aryl methyl sites for hydroxylation is 2. The standard InChI is InChI=1S/C21H25N5O2/c1-13-6-5-10-26-17(13)14(2)24-20(26)21(3,4)25-19(27)16-18-15(7-8-23-16)12-22-9-11-28-18/h5-8,10,22H,9,11-12H2,1-4H3,(H,25,27). The number of carbonyl (C=O) groups is 1. The molecular weight excluding hydrogens is 354 g/mol. The van der Waals surface area contributed by atoms with E-state index < -0.39 is 5.54 Å². The average Bonchev–Trinajstić information content (AvgIpc) is 2.85. The van der Waals surface area contributed by atoms with E-state index in [2.05, 4.69) is 28.6 Å². The molecule has 0 bridgehead atoms. The molecule has 7 heteroatoms. The average molecular weight is 379 g/mol. The van der Waals surface area contributed by atoms with Gasteiger partial charge in [-0.05, 0) is 45.4 Å². The summed E-state index contributed by atoms with van der Waals surface area (Å²) in [6.07, 6.45) is 3.63. The fourth-order valence-electron chi connectivity index (χ4n) is 3.76. The first-order chi connectivity index (χ1) is 13.4. The molecule has 0 saturated heterocycles. The number of nitrogens with zero attached hydrogens (tertiary/aromatic N) is 3. The summed E-state index contributed by atoms with van der Waals surface area (Å²) in [5.74, 6) is 1.06. The third kappa shape index (κ3) is 3.11. The van der Waals surface area contributed by atoms with Crippen LogP contribution in [-0.4, -0.2) is 33.4 Å². The number of hydrogen-bond acceptors (Lipinski definition) is 5. The predicted octanol–water partition coefficient (Wildman–Crippen LogP) is 2.49. The van der Waals surface area contributed by atoms with Crippen molar-refractivity contribution >= 4 is 11.4 Å². The van der Waals surface area contributed by atoms with E-state index in [0.29, 0.717) is 24.6 Å². The lowest BCUT2D eigenvalue weighted by atomic mass is 10.0. The quantitative estimate of drug-likeness (QED) is 0.731. The molecular formula is C21H25N5O2. The maximum Gasteiger partial charge on any atom is 0.274 e. The van der Waals surface area contributed by atoms with E-state index >= 15 is 0 Å². The van der Waals surface area contributed by atoms with E-state index in [9.17, 15) is 4.79 Å². The molecule has 4 rings (SSSR count). The van der Waals surface area contributed by atoms with E-state index in [-0.39, 0.29) is 5.91 Å². The van der Waals surface area contributed by atoms with E-state index in [4.69, 9.17) is 9.72 Å². The van der Waals surface area contributed by atoms with Crippen molar-refractivity contribution in [1.29, 1.82) is 0 Å². The van der Waals surface area contributed by atoms with Crippen molar-refractivity contribution < 1.29 is 9.53 Å². The normalized spacial score (nSPS) is 14.3. The van der Waals surface area contributed by atoms with Gasteiger partial charge in [0.2, 0.25) is 0 Å². The number of nitrogens with one attached hydrogen (secondary N) is 2. The van der Waals surface area contributed by atoms with Crippen molar-refractivity contribution in [2.45, 2.75) is 39.8 Å². The van der Waals surface area contributed by atoms with Crippen LogP contribution in [0.2, 0.25) is 0 Å². The van der Waals surface area contributed by atoms with Crippen LogP contribution in [0.1, 0.15) is 47.0 Å². The van der Waals surface area contributed by atoms with E-state index in [0.717, 1.165) is 34.7 Å². The van der Waals surface area contributed by atoms with Gasteiger partial charge in [0.15, 0.2) is 11.4 Å². The van der Waals surface area contributed by atoms with Crippen LogP contribution in [0.25, 0.3) is 5.52 Å². The Hall–Kier alpha value is -2.93. The number of rotatable bonds is 3. The molecule has 0 aromatic carbocycles. The first-order valence-electron chi connectivity index (χ1n) is 9.47. The number of pyridine rings is 2. The summed E-state index contributed by atoms with van der Waals surface area (Å²) in [4.78, 5) is 22.2. The van der Waals surface area contributed by atoms with Gasteiger partial charge in [-0.25, -0.2) is 9.97 Å². The monoisotopic (exact) mass is 379 g/mol. The second kappa shape index (κ2) is 6.91. The van der Waals surface area contributed by atoms with Crippen molar-refractivity contribution in [2.75, 3.05) is 13.2 Å². The molecule has 0 aliphatic carbocycles. The molecule has 0 spiro atoms. The number of fused-ring (bicyclic) bond motifs is 2. The fourth-order valence-corrected chi connectivity index (χ4v) is 3.76. The summed E-state index contributed by atoms with van der Waals surface area (Å²) in [5, 5.41) is 6.37. The molecule has 4 heterocycles. The Morgan fingerprint density at radius 3 is 2.96 bits per heavy atom. The number of aromatic nitrogens is 3. The third-order valence-corrected chi connectivity index (χ3v) is 5.07. The summed E-state index contributed by atoms with van der Waals surface area (Å²) in [7, 11) is 0. The van der Waals surface area contributed by atoms with Crippen LogP contribution in [0.15, 0.2) is 30.6 Å². The van der Waals surface area contributed by atoms with Crippen LogP contribution in [0.5, 0.6) is 5.75 Å². The molecule has 28 heavy (non-hydrogen) atoms. The Kier molecular flexibility index (Phi) is 4.55. The molecule has 1 amide bonds. The van der Waals surface area contributed by atoms with E-state index in [1.54, 1.807) is 6.20 Å². The highest BCUT2D eigenvalue weighted by Gasteiger charge is 2.31. The van der Waals surface area contributed by atoms with Crippen LogP contribution in [-0.2, 0) is 12.1 Å². The second-order valence-corrected chi connectivity index (χ2v) is 7.68. The minimum Gasteiger partial charge on any atom is -0.489 e. The lowest BCUT2D eigenvalue weighted by molar-refractivity contribution is 0.0898. The highest BCUT2D eigenvalue weighted by Crippen LogP contribution is 2.27. The van der Waals surface area contributed by atoms with E-state index in [1.165, 1.54) is 0 Å². The predicted molar refractivity (Wildman–Crippen MR) is 107 cm³/mol. The second-order valence-electron chi connectivity index (χ2n) is 7.68. The lowest BCUT2D eigenvalue weighted by Gasteiger charge is -2.25. The summed E-state index contributed by atoms with van der Waals surface area (Å²) in [5.41, 5.74) is 3.71. The molecule has 0 atom stereocenters. The summed E-state index contributed by atoms with van der Waals surface area (Å²) in [6, 6.07) is 5.93. The minimum atomic E-state index is -0.699. The zero-order valence-corrected chi connectivity index (χ0v) is 16.7. The zero-order valence-electron chi connectivity index (χ0n) is 16.7. The molecule has 1 aliphatic heterocycles. The first kappa shape index (κ1) is 18.4. The van der Waals surface area contributed by atoms with Crippen LogP contribution >= 0.6 is 0 Å². The maximum atomic E-state index is 13.1. The molecule has 0 radical (unpaired) electrons. The largest absolute Gasteiger partial charge is 0.489 e. The topological polar surface area (TPSA) is 80.5 Å². The van der Waals surface area contributed by atoms with E-state index in [1.807, 2.05) is 43.5 Å². The molecule has 3 aromatic rings. The van der Waals surface area contributed by atoms with Crippen LogP contribution in [0.4, 0.5) is 0 Å². The SMILES string of the molecule is Cc1cccn2c(C(C)(C)NC(=O)c3nccc4c3OCCNC4)nc(C)c12. The number of ether oxygens (including phenoxy) is 1. The Bertz CT molecular complexity index is 1050. The van der Waals surface area contributed by atoms with Gasteiger partial charge >= 0.3 is 0 Å². The molecule has 3 aromatic heterocycles. The number of hydrogen-bond donors (Lipinski definition) is 2. The van der Waals surface area contributed by atoms with Crippen molar-refractivity contribution in [1.82, 2.24) is 25.0 Å². The number of imidazole rings is 1. The van der Waals surface area contributed by atoms with Gasteiger partial charge < -0.3 is 19.8 Å². The Labute approximate surface area is 164 Å². The van der Waals surface area contributed by atoms with Gasteiger partial charge in [-0.15, -0.1) is 0 Å². The highest BCUT2D eigenvalue weighted by molar-refractivity contribution is 5.95. The minimum absolute atomic E-state index is 0.272. The lowest BCUT2D eigenvalue weighted by Crippen LogP contribution is -2.43. The van der Waals surface area contributed by atoms with Crippen molar-refractivity contribution in [3.8, 4) is 5.75 Å². The van der Waals surface area contributed by atoms with Gasteiger partial charge in [-0.3, -0.25) is 4.79 Å². The zero-order chi connectivity index (χ0) is 19.9. The van der Waals surface area contributed by atoms with Gasteiger partial charge in [0.1, 0.15) is 12.4 Å². The molecule has 0 unspecified atom stereocenters. The van der Waals surface area contributed by atoms with Crippen molar-refractivity contribution in [3.05, 3.63) is 58.9 Å². The molecule has 2 N–H and O–H groups in total. The fraction of sp³-hybridized carbons (Fsp3) is 0.381. The van der Waals surface area contributed by atoms with Crippen molar-refractivity contribution in [2.24, 2.45) is 0 Å². The molecule has 0 fully saturated rings.